The van der Waals surface area contributed by atoms with Crippen LogP contribution in [0.15, 0.2) is 15.8 Å². The molecule has 0 amide bonds. The Hall–Kier alpha value is -0.980. The van der Waals surface area contributed by atoms with Gasteiger partial charge in [0.1, 0.15) is 30.8 Å². The SMILES string of the molecule is C[C@]12CCC3C(CC[C@H]4CC(=O)CC[C@]34C)[C@@H]1CC[C@@H]2O[P+](=O)OCC1OC(n2cc([125I])c(=O)[nH]c2=O)CC1O. The summed E-state index contributed by atoms with van der Waals surface area (Å²) in [6, 6.07) is 0. The van der Waals surface area contributed by atoms with Crippen LogP contribution in [0.1, 0.15) is 84.3 Å². The highest BCUT2D eigenvalue weighted by Crippen LogP contribution is 2.66. The van der Waals surface area contributed by atoms with E-state index in [4.69, 9.17) is 13.8 Å². The lowest BCUT2D eigenvalue weighted by molar-refractivity contribution is -0.141. The molecule has 40 heavy (non-hydrogen) atoms. The summed E-state index contributed by atoms with van der Waals surface area (Å²) in [5.74, 6) is 2.75. The van der Waals surface area contributed by atoms with E-state index in [-0.39, 0.29) is 30.0 Å². The number of aromatic nitrogens is 2. The number of hydrogen-bond acceptors (Lipinski definition) is 8. The van der Waals surface area contributed by atoms with E-state index >= 15 is 0 Å². The molecule has 220 valence electrons. The van der Waals surface area contributed by atoms with E-state index in [0.717, 1.165) is 51.4 Å². The van der Waals surface area contributed by atoms with Crippen LogP contribution in [0.3, 0.4) is 0 Å². The highest BCUT2D eigenvalue weighted by Gasteiger charge is 2.62. The van der Waals surface area contributed by atoms with Gasteiger partial charge in [-0.1, -0.05) is 13.8 Å². The van der Waals surface area contributed by atoms with Gasteiger partial charge in [0.2, 0.25) is 0 Å². The summed E-state index contributed by atoms with van der Waals surface area (Å²) in [4.78, 5) is 38.3. The summed E-state index contributed by atoms with van der Waals surface area (Å²) in [6.07, 6.45) is 7.82. The average Bonchev–Trinajstić information content (AvgIpc) is 3.44. The highest BCUT2D eigenvalue weighted by atomic mass is 125. The third kappa shape index (κ3) is 5.00. The first-order valence-corrected chi connectivity index (χ1v) is 16.8. The zero-order valence-corrected chi connectivity index (χ0v) is 26.1. The molecule has 2 heterocycles. The second kappa shape index (κ2) is 10.9. The summed E-state index contributed by atoms with van der Waals surface area (Å²) < 4.78 is 32.0. The molecule has 12 heteroatoms. The fraction of sp³-hybridized carbons (Fsp3) is 0.821. The van der Waals surface area contributed by atoms with Gasteiger partial charge in [-0.3, -0.25) is 19.1 Å². The molecule has 0 aromatic carbocycles. The van der Waals surface area contributed by atoms with Crippen molar-refractivity contribution in [3.05, 3.63) is 30.6 Å². The van der Waals surface area contributed by atoms with Gasteiger partial charge in [0.15, 0.2) is 0 Å². The molecule has 6 rings (SSSR count). The van der Waals surface area contributed by atoms with Crippen molar-refractivity contribution in [3.63, 3.8) is 0 Å². The summed E-state index contributed by atoms with van der Waals surface area (Å²) in [5.41, 5.74) is -0.890. The van der Waals surface area contributed by atoms with Crippen molar-refractivity contribution < 1.29 is 28.3 Å². The molecule has 1 aromatic rings. The van der Waals surface area contributed by atoms with Crippen LogP contribution in [0.2, 0.25) is 0 Å². The van der Waals surface area contributed by atoms with Gasteiger partial charge in [0, 0.05) is 35.4 Å². The Labute approximate surface area is 248 Å². The predicted molar refractivity (Wildman–Crippen MR) is 154 cm³/mol. The minimum atomic E-state index is -2.42. The summed E-state index contributed by atoms with van der Waals surface area (Å²) in [7, 11) is -2.42. The highest BCUT2D eigenvalue weighted by molar-refractivity contribution is 14.1. The van der Waals surface area contributed by atoms with Crippen LogP contribution in [-0.4, -0.2) is 45.4 Å². The minimum Gasteiger partial charge on any atom is -0.390 e. The lowest BCUT2D eigenvalue weighted by Crippen LogP contribution is -2.54. The quantitative estimate of drug-likeness (QED) is 0.331. The Balaban J connectivity index is 1.05. The third-order valence-electron chi connectivity index (χ3n) is 11.4. The number of H-pyrrole nitrogens is 1. The molecule has 0 spiro atoms. The maximum Gasteiger partial charge on any atom is 0.697 e. The van der Waals surface area contributed by atoms with Crippen molar-refractivity contribution in [2.45, 2.75) is 103 Å². The number of aliphatic hydroxyl groups is 1. The maximum absolute atomic E-state index is 13.0. The first-order valence-electron chi connectivity index (χ1n) is 14.6. The Morgan fingerprint density at radius 2 is 1.90 bits per heavy atom. The number of halogens is 1. The number of aromatic amines is 1. The number of Topliss-reactive ketones (excluding diaryl/α,β-unsaturated/α-hetero) is 1. The molecule has 1 aliphatic heterocycles. The number of ketones is 1. The number of carbonyl (C=O) groups is 1. The van der Waals surface area contributed by atoms with Crippen LogP contribution >= 0.6 is 30.8 Å². The van der Waals surface area contributed by atoms with E-state index < -0.39 is 37.9 Å². The number of rotatable bonds is 6. The number of carbonyl (C=O) groups excluding carboxylic acids is 1. The van der Waals surface area contributed by atoms with Gasteiger partial charge in [-0.25, -0.2) is 4.79 Å². The summed E-state index contributed by atoms with van der Waals surface area (Å²) in [6.45, 7) is 4.61. The van der Waals surface area contributed by atoms with Crippen LogP contribution in [0.4, 0.5) is 0 Å². The number of ether oxygens (including phenoxy) is 1. The fourth-order valence-corrected chi connectivity index (χ4v) is 10.5. The smallest absolute Gasteiger partial charge is 0.390 e. The molecule has 5 fully saturated rings. The number of nitrogens with zero attached hydrogens (tertiary/aromatic N) is 1. The number of aliphatic hydroxyl groups excluding tert-OH is 1. The molecule has 4 saturated carbocycles. The van der Waals surface area contributed by atoms with E-state index in [2.05, 4.69) is 18.8 Å². The van der Waals surface area contributed by atoms with Crippen molar-refractivity contribution in [2.24, 2.45) is 34.5 Å². The monoisotopic (exact) mass is 687 g/mol. The molecular weight excluding hydrogens is 648 g/mol. The normalized spacial score (nSPS) is 43.2. The number of fused-ring (bicyclic) bond motifs is 5. The first-order chi connectivity index (χ1) is 19.0. The summed E-state index contributed by atoms with van der Waals surface area (Å²) in [5, 5.41) is 10.5. The zero-order valence-electron chi connectivity index (χ0n) is 23.1. The molecule has 1 saturated heterocycles. The Morgan fingerprint density at radius 1 is 1.12 bits per heavy atom. The molecule has 11 atom stereocenters. The second-order valence-electron chi connectivity index (χ2n) is 13.2. The van der Waals surface area contributed by atoms with Crippen molar-refractivity contribution in [2.75, 3.05) is 6.61 Å². The van der Waals surface area contributed by atoms with Crippen molar-refractivity contribution in [1.29, 1.82) is 0 Å². The van der Waals surface area contributed by atoms with E-state index in [0.29, 0.717) is 33.0 Å². The van der Waals surface area contributed by atoms with Gasteiger partial charge in [-0.2, -0.15) is 0 Å². The Morgan fingerprint density at radius 3 is 2.70 bits per heavy atom. The first kappa shape index (κ1) is 29.1. The van der Waals surface area contributed by atoms with Crippen LogP contribution in [0.5, 0.6) is 0 Å². The molecule has 6 unspecified atom stereocenters. The van der Waals surface area contributed by atoms with Crippen molar-refractivity contribution in [1.82, 2.24) is 9.55 Å². The van der Waals surface area contributed by atoms with Gasteiger partial charge < -0.3 is 9.84 Å². The third-order valence-corrected chi connectivity index (χ3v) is 12.9. The molecule has 0 radical (unpaired) electrons. The largest absolute Gasteiger partial charge is 0.697 e. The van der Waals surface area contributed by atoms with Crippen molar-refractivity contribution >= 4 is 36.6 Å². The predicted octanol–water partition coefficient (Wildman–Crippen LogP) is 4.46. The number of nitrogens with one attached hydrogen (secondary N) is 1. The van der Waals surface area contributed by atoms with Gasteiger partial charge in [-0.15, -0.1) is 9.05 Å². The maximum atomic E-state index is 13.0. The average molecular weight is 688 g/mol. The van der Waals surface area contributed by atoms with Gasteiger partial charge in [0.25, 0.3) is 5.56 Å². The van der Waals surface area contributed by atoms with E-state index in [1.54, 1.807) is 0 Å². The second-order valence-corrected chi connectivity index (χ2v) is 15.3. The fourth-order valence-electron chi connectivity index (χ4n) is 9.15. The molecule has 4 aliphatic carbocycles. The standard InChI is InChI=1S/C28H38IN2O8P/c1-27-9-7-16(32)11-15(27)3-4-17-18-5-6-23(28(18,2)10-8-19(17)27)39-40(36)37-14-22-21(33)12-24(38-22)31-13-20(29)25(34)30-26(31)35/h13,15,17-19,21-24,33H,3-12,14H2,1-2H3/p+1/t15-,17?,18-,19?,21?,22?,23-,24?,27-,28-/m0/s1/i29-2. The van der Waals surface area contributed by atoms with E-state index in [1.807, 2.05) is 22.6 Å². The van der Waals surface area contributed by atoms with Gasteiger partial charge >= 0.3 is 13.9 Å². The molecular formula is C28H39IN2O8P+. The van der Waals surface area contributed by atoms with Gasteiger partial charge in [0.05, 0.1) is 9.67 Å². The summed E-state index contributed by atoms with van der Waals surface area (Å²) >= 11 is 1.83. The van der Waals surface area contributed by atoms with Crippen LogP contribution < -0.4 is 11.2 Å². The Kier molecular flexibility index (Phi) is 7.96. The van der Waals surface area contributed by atoms with E-state index in [1.165, 1.54) is 17.2 Å². The lowest BCUT2D eigenvalue weighted by Gasteiger charge is -2.59. The molecule has 10 nitrogen and oxygen atoms in total. The molecule has 2 N–H and O–H groups in total. The van der Waals surface area contributed by atoms with Gasteiger partial charge in [-0.05, 0) is 96.6 Å². The minimum absolute atomic E-state index is 0.0553. The van der Waals surface area contributed by atoms with Crippen LogP contribution in [-0.2, 0) is 23.1 Å². The molecule has 5 aliphatic rings. The molecule has 1 aromatic heterocycles. The number of hydrogen-bond donors (Lipinski definition) is 2. The zero-order chi connectivity index (χ0) is 28.4. The molecule has 0 bridgehead atoms. The topological polar surface area (TPSA) is 137 Å². The van der Waals surface area contributed by atoms with Crippen LogP contribution in [0, 0.1) is 38.1 Å². The van der Waals surface area contributed by atoms with Crippen molar-refractivity contribution in [3.8, 4) is 0 Å². The lowest BCUT2D eigenvalue weighted by atomic mass is 9.45. The Bertz CT molecular complexity index is 1300. The van der Waals surface area contributed by atoms with E-state index in [9.17, 15) is 24.1 Å². The van der Waals surface area contributed by atoms with Crippen LogP contribution in [0.25, 0.3) is 0 Å².